The van der Waals surface area contributed by atoms with Gasteiger partial charge in [0, 0.05) is 27.9 Å². The van der Waals surface area contributed by atoms with Crippen molar-refractivity contribution in [3.63, 3.8) is 0 Å². The van der Waals surface area contributed by atoms with E-state index in [0.717, 1.165) is 3.57 Å². The molecular weight excluding hydrogens is 409 g/mol. The van der Waals surface area contributed by atoms with Crippen molar-refractivity contribution in [3.05, 3.63) is 50.6 Å². The van der Waals surface area contributed by atoms with Gasteiger partial charge < -0.3 is 15.0 Å². The van der Waals surface area contributed by atoms with Gasteiger partial charge in [0.2, 0.25) is 0 Å². The van der Waals surface area contributed by atoms with E-state index in [1.54, 1.807) is 22.8 Å². The summed E-state index contributed by atoms with van der Waals surface area (Å²) < 4.78 is 2.41. The van der Waals surface area contributed by atoms with E-state index in [2.05, 4.69) is 32.9 Å². The average Bonchev–Trinajstić information content (AvgIpc) is 2.90. The van der Waals surface area contributed by atoms with Crippen molar-refractivity contribution < 1.29 is 14.7 Å². The molecule has 1 heterocycles. The maximum atomic E-state index is 12.0. The molecule has 0 unspecified atom stereocenters. The molecule has 2 N–H and O–H groups in total. The minimum Gasteiger partial charge on any atom is -0.476 e. The molecule has 0 aliphatic rings. The molecule has 0 spiro atoms. The van der Waals surface area contributed by atoms with E-state index in [1.165, 1.54) is 12.5 Å². The Morgan fingerprint density at radius 2 is 2.19 bits per heavy atom. The van der Waals surface area contributed by atoms with Gasteiger partial charge >= 0.3 is 5.97 Å². The number of carbonyl (C=O) groups is 2. The van der Waals surface area contributed by atoms with Gasteiger partial charge in [0.25, 0.3) is 5.91 Å². The lowest BCUT2D eigenvalue weighted by molar-refractivity contribution is 0.0690. The standard InChI is InChI=1S/C13H11ClIN3O3/c14-8-1-2-10(15)9(5-8)12(19)16-3-4-18-6-11(13(20)21)17-7-18/h1-2,5-7H,3-4H2,(H,16,19)(H,20,21). The molecule has 0 atom stereocenters. The van der Waals surface area contributed by atoms with Gasteiger partial charge in [0.05, 0.1) is 11.9 Å². The topological polar surface area (TPSA) is 84.2 Å². The van der Waals surface area contributed by atoms with Crippen molar-refractivity contribution in [1.82, 2.24) is 14.9 Å². The van der Waals surface area contributed by atoms with E-state index in [-0.39, 0.29) is 11.6 Å². The zero-order valence-electron chi connectivity index (χ0n) is 10.7. The molecule has 2 rings (SSSR count). The number of carboxylic acids is 1. The molecule has 8 heteroatoms. The highest BCUT2D eigenvalue weighted by Crippen LogP contribution is 2.17. The second-order valence-corrected chi connectivity index (χ2v) is 5.78. The molecule has 0 aliphatic heterocycles. The van der Waals surface area contributed by atoms with E-state index in [4.69, 9.17) is 16.7 Å². The van der Waals surface area contributed by atoms with Crippen LogP contribution in [0.2, 0.25) is 5.02 Å². The molecule has 0 aliphatic carbocycles. The van der Waals surface area contributed by atoms with Crippen molar-refractivity contribution in [3.8, 4) is 0 Å². The van der Waals surface area contributed by atoms with E-state index < -0.39 is 5.97 Å². The number of carboxylic acid groups (broad SMARTS) is 1. The fourth-order valence-corrected chi connectivity index (χ4v) is 2.41. The van der Waals surface area contributed by atoms with Crippen LogP contribution in [0.15, 0.2) is 30.7 Å². The highest BCUT2D eigenvalue weighted by Gasteiger charge is 2.10. The molecule has 6 nitrogen and oxygen atoms in total. The summed E-state index contributed by atoms with van der Waals surface area (Å²) in [5.74, 6) is -1.30. The Bertz CT molecular complexity index is 687. The number of halogens is 2. The number of hydrogen-bond acceptors (Lipinski definition) is 3. The molecule has 0 saturated heterocycles. The molecule has 1 aromatic carbocycles. The number of rotatable bonds is 5. The van der Waals surface area contributed by atoms with Crippen LogP contribution < -0.4 is 5.32 Å². The van der Waals surface area contributed by atoms with Crippen molar-refractivity contribution >= 4 is 46.1 Å². The minimum atomic E-state index is -1.08. The van der Waals surface area contributed by atoms with Gasteiger partial charge in [-0.2, -0.15) is 0 Å². The minimum absolute atomic E-state index is 0.0225. The fourth-order valence-electron chi connectivity index (χ4n) is 1.66. The van der Waals surface area contributed by atoms with Crippen LogP contribution in [-0.2, 0) is 6.54 Å². The second kappa shape index (κ2) is 6.90. The number of aromatic nitrogens is 2. The highest BCUT2D eigenvalue weighted by atomic mass is 127. The summed E-state index contributed by atoms with van der Waals surface area (Å²) in [5.41, 5.74) is 0.491. The maximum absolute atomic E-state index is 12.0. The molecule has 21 heavy (non-hydrogen) atoms. The molecule has 1 amide bonds. The number of nitrogens with one attached hydrogen (secondary N) is 1. The molecule has 0 bridgehead atoms. The first-order valence-corrected chi connectivity index (χ1v) is 7.41. The quantitative estimate of drug-likeness (QED) is 0.728. The van der Waals surface area contributed by atoms with Crippen LogP contribution in [0.4, 0.5) is 0 Å². The maximum Gasteiger partial charge on any atom is 0.356 e. The normalized spacial score (nSPS) is 10.4. The van der Waals surface area contributed by atoms with E-state index in [9.17, 15) is 9.59 Å². The van der Waals surface area contributed by atoms with Gasteiger partial charge in [-0.1, -0.05) is 11.6 Å². The molecule has 0 fully saturated rings. The Morgan fingerprint density at radius 3 is 2.86 bits per heavy atom. The third kappa shape index (κ3) is 4.18. The number of imidazole rings is 1. The largest absolute Gasteiger partial charge is 0.476 e. The lowest BCUT2D eigenvalue weighted by Gasteiger charge is -2.07. The monoisotopic (exact) mass is 419 g/mol. The molecular formula is C13H11ClIN3O3. The van der Waals surface area contributed by atoms with E-state index in [1.807, 2.05) is 0 Å². The van der Waals surface area contributed by atoms with Crippen molar-refractivity contribution in [2.75, 3.05) is 6.54 Å². The molecule has 110 valence electrons. The Hall–Kier alpha value is -1.61. The van der Waals surface area contributed by atoms with E-state index in [0.29, 0.717) is 23.7 Å². The summed E-state index contributed by atoms with van der Waals surface area (Å²) in [4.78, 5) is 26.4. The number of benzene rings is 1. The van der Waals surface area contributed by atoms with Crippen LogP contribution in [0.5, 0.6) is 0 Å². The van der Waals surface area contributed by atoms with Crippen molar-refractivity contribution in [1.29, 1.82) is 0 Å². The molecule has 0 saturated carbocycles. The van der Waals surface area contributed by atoms with Crippen LogP contribution in [0.3, 0.4) is 0 Å². The van der Waals surface area contributed by atoms with E-state index >= 15 is 0 Å². The first-order valence-electron chi connectivity index (χ1n) is 5.95. The smallest absolute Gasteiger partial charge is 0.356 e. The number of hydrogen-bond donors (Lipinski definition) is 2. The van der Waals surface area contributed by atoms with Crippen LogP contribution >= 0.6 is 34.2 Å². The molecule has 2 aromatic rings. The molecule has 1 aromatic heterocycles. The zero-order valence-corrected chi connectivity index (χ0v) is 13.6. The van der Waals surface area contributed by atoms with Crippen molar-refractivity contribution in [2.24, 2.45) is 0 Å². The van der Waals surface area contributed by atoms with Crippen LogP contribution in [-0.4, -0.2) is 33.1 Å². The lowest BCUT2D eigenvalue weighted by atomic mass is 10.2. The van der Waals surface area contributed by atoms with Gasteiger partial charge in [0.1, 0.15) is 0 Å². The Labute approximate surface area is 139 Å². The summed E-state index contributed by atoms with van der Waals surface area (Å²) in [5, 5.41) is 12.0. The summed E-state index contributed by atoms with van der Waals surface area (Å²) >= 11 is 7.94. The SMILES string of the molecule is O=C(O)c1cn(CCNC(=O)c2cc(Cl)ccc2I)cn1. The summed E-state index contributed by atoms with van der Waals surface area (Å²) in [6.45, 7) is 0.792. The van der Waals surface area contributed by atoms with Gasteiger partial charge in [0.15, 0.2) is 5.69 Å². The number of amides is 1. The predicted octanol–water partition coefficient (Wildman–Crippen LogP) is 2.27. The third-order valence-electron chi connectivity index (χ3n) is 2.68. The van der Waals surface area contributed by atoms with Crippen LogP contribution in [0.25, 0.3) is 0 Å². The summed E-state index contributed by atoms with van der Waals surface area (Å²) in [6, 6.07) is 5.10. The summed E-state index contributed by atoms with van der Waals surface area (Å²) in [7, 11) is 0. The van der Waals surface area contributed by atoms with Crippen molar-refractivity contribution in [2.45, 2.75) is 6.54 Å². The number of aromatic carboxylic acids is 1. The first-order chi connectivity index (χ1) is 9.97. The Balaban J connectivity index is 1.92. The Kier molecular flexibility index (Phi) is 5.18. The van der Waals surface area contributed by atoms with Crippen LogP contribution in [0, 0.1) is 3.57 Å². The fraction of sp³-hybridized carbons (Fsp3) is 0.154. The molecule has 0 radical (unpaired) electrons. The van der Waals surface area contributed by atoms with Gasteiger partial charge in [-0.3, -0.25) is 4.79 Å². The zero-order chi connectivity index (χ0) is 15.4. The lowest BCUT2D eigenvalue weighted by Crippen LogP contribution is -2.27. The average molecular weight is 420 g/mol. The predicted molar refractivity (Wildman–Crippen MR) is 85.7 cm³/mol. The summed E-state index contributed by atoms with van der Waals surface area (Å²) in [6.07, 6.45) is 2.83. The van der Waals surface area contributed by atoms with Crippen LogP contribution in [0.1, 0.15) is 20.8 Å². The van der Waals surface area contributed by atoms with Gasteiger partial charge in [-0.25, -0.2) is 9.78 Å². The second-order valence-electron chi connectivity index (χ2n) is 4.18. The third-order valence-corrected chi connectivity index (χ3v) is 3.86. The first kappa shape index (κ1) is 15.8. The number of nitrogens with zero attached hydrogens (tertiary/aromatic N) is 2. The highest BCUT2D eigenvalue weighted by molar-refractivity contribution is 14.1. The van der Waals surface area contributed by atoms with Gasteiger partial charge in [-0.15, -0.1) is 0 Å². The Morgan fingerprint density at radius 1 is 1.43 bits per heavy atom. The van der Waals surface area contributed by atoms with Gasteiger partial charge in [-0.05, 0) is 40.8 Å². The number of carbonyl (C=O) groups excluding carboxylic acids is 1.